The highest BCUT2D eigenvalue weighted by Gasteiger charge is 2.42. The second kappa shape index (κ2) is 8.13. The van der Waals surface area contributed by atoms with E-state index in [1.165, 1.54) is 5.56 Å². The lowest BCUT2D eigenvalue weighted by Gasteiger charge is -2.16. The first-order chi connectivity index (χ1) is 12.0. The highest BCUT2D eigenvalue weighted by Crippen LogP contribution is 2.33. The molecule has 25 heavy (non-hydrogen) atoms. The Hall–Kier alpha value is -1.69. The van der Waals surface area contributed by atoms with Crippen LogP contribution in [0.25, 0.3) is 0 Å². The molecule has 0 radical (unpaired) electrons. The molecular formula is C19H27N3O2S. The number of fused-ring (bicyclic) bond motifs is 1. The summed E-state index contributed by atoms with van der Waals surface area (Å²) in [4.78, 5) is 23.4. The van der Waals surface area contributed by atoms with E-state index in [4.69, 9.17) is 0 Å². The molecule has 1 aromatic carbocycles. The van der Waals surface area contributed by atoms with Crippen LogP contribution in [-0.2, 0) is 4.79 Å². The largest absolute Gasteiger partial charge is 0.332 e. The fourth-order valence-corrected chi connectivity index (χ4v) is 4.99. The molecule has 0 saturated carbocycles. The van der Waals surface area contributed by atoms with Crippen LogP contribution in [0.3, 0.4) is 0 Å². The fourth-order valence-electron chi connectivity index (χ4n) is 3.45. The van der Waals surface area contributed by atoms with Gasteiger partial charge in [0, 0.05) is 23.1 Å². The standard InChI is InChI=1S/C19H27N3O2S/c1-12(2)13-7-9-14(10-8-13)20-17(23)6-4-3-5-16-18-15(11-25-16)21-19(24)22-18/h7-10,12,15-16,18H,3-6,11H2,1-2H3,(H,20,23)(H2,21,22,24)/t15?,16-,18-/m0/s1. The quantitative estimate of drug-likeness (QED) is 0.514. The average molecular weight is 362 g/mol. The Balaban J connectivity index is 1.35. The molecule has 1 aromatic rings. The highest BCUT2D eigenvalue weighted by molar-refractivity contribution is 8.00. The Kier molecular flexibility index (Phi) is 5.89. The number of thioether (sulfide) groups is 1. The first kappa shape index (κ1) is 18.1. The molecule has 3 N–H and O–H groups in total. The first-order valence-corrected chi connectivity index (χ1v) is 10.2. The van der Waals surface area contributed by atoms with Gasteiger partial charge in [0.15, 0.2) is 0 Å². The zero-order valence-corrected chi connectivity index (χ0v) is 15.7. The zero-order valence-electron chi connectivity index (χ0n) is 14.9. The van der Waals surface area contributed by atoms with Crippen LogP contribution < -0.4 is 16.0 Å². The van der Waals surface area contributed by atoms with Gasteiger partial charge in [-0.15, -0.1) is 0 Å². The van der Waals surface area contributed by atoms with Gasteiger partial charge in [0.2, 0.25) is 5.91 Å². The molecule has 3 amide bonds. The number of carbonyl (C=O) groups excluding carboxylic acids is 2. The number of benzene rings is 1. The lowest BCUT2D eigenvalue weighted by Crippen LogP contribution is -2.36. The Morgan fingerprint density at radius 1 is 1.24 bits per heavy atom. The maximum absolute atomic E-state index is 12.1. The molecule has 1 unspecified atom stereocenters. The van der Waals surface area contributed by atoms with Gasteiger partial charge in [-0.2, -0.15) is 11.8 Å². The maximum atomic E-state index is 12.1. The summed E-state index contributed by atoms with van der Waals surface area (Å²) in [5.74, 6) is 1.56. The van der Waals surface area contributed by atoms with E-state index in [2.05, 4.69) is 41.9 Å². The summed E-state index contributed by atoms with van der Waals surface area (Å²) in [5.41, 5.74) is 2.14. The number of urea groups is 1. The van der Waals surface area contributed by atoms with Gasteiger partial charge < -0.3 is 16.0 Å². The van der Waals surface area contributed by atoms with E-state index in [1.54, 1.807) is 0 Å². The number of anilines is 1. The molecule has 2 heterocycles. The monoisotopic (exact) mass is 361 g/mol. The van der Waals surface area contributed by atoms with E-state index in [0.717, 1.165) is 30.7 Å². The molecule has 3 atom stereocenters. The smallest absolute Gasteiger partial charge is 0.315 e. The van der Waals surface area contributed by atoms with Crippen LogP contribution in [0.1, 0.15) is 51.0 Å². The van der Waals surface area contributed by atoms with Crippen molar-refractivity contribution in [3.63, 3.8) is 0 Å². The van der Waals surface area contributed by atoms with Crippen molar-refractivity contribution in [1.29, 1.82) is 0 Å². The lowest BCUT2D eigenvalue weighted by atomic mass is 10.0. The Morgan fingerprint density at radius 3 is 2.72 bits per heavy atom. The van der Waals surface area contributed by atoms with Crippen LogP contribution in [0, 0.1) is 0 Å². The first-order valence-electron chi connectivity index (χ1n) is 9.11. The molecule has 2 fully saturated rings. The minimum Gasteiger partial charge on any atom is -0.332 e. The van der Waals surface area contributed by atoms with Gasteiger partial charge in [0.25, 0.3) is 0 Å². The predicted molar refractivity (Wildman–Crippen MR) is 103 cm³/mol. The number of nitrogens with one attached hydrogen (secondary N) is 3. The van der Waals surface area contributed by atoms with Crippen LogP contribution >= 0.6 is 11.8 Å². The number of amides is 3. The van der Waals surface area contributed by atoms with E-state index in [0.29, 0.717) is 17.6 Å². The second-order valence-corrected chi connectivity index (χ2v) is 8.46. The summed E-state index contributed by atoms with van der Waals surface area (Å²) >= 11 is 1.92. The van der Waals surface area contributed by atoms with Crippen LogP contribution in [-0.4, -0.2) is 35.0 Å². The van der Waals surface area contributed by atoms with Crippen molar-refractivity contribution >= 4 is 29.4 Å². The molecular weight excluding hydrogens is 334 g/mol. The lowest BCUT2D eigenvalue weighted by molar-refractivity contribution is -0.116. The number of carbonyl (C=O) groups is 2. The zero-order chi connectivity index (χ0) is 17.8. The van der Waals surface area contributed by atoms with Gasteiger partial charge in [-0.25, -0.2) is 4.79 Å². The Labute approximate surface area is 153 Å². The number of rotatable bonds is 7. The number of hydrogen-bond donors (Lipinski definition) is 3. The Bertz CT molecular complexity index is 618. The third-order valence-corrected chi connectivity index (χ3v) is 6.45. The molecule has 5 nitrogen and oxygen atoms in total. The molecule has 2 aliphatic heterocycles. The summed E-state index contributed by atoms with van der Waals surface area (Å²) < 4.78 is 0. The van der Waals surface area contributed by atoms with Crippen LogP contribution in [0.2, 0.25) is 0 Å². The van der Waals surface area contributed by atoms with Crippen molar-refractivity contribution in [2.45, 2.75) is 62.8 Å². The summed E-state index contributed by atoms with van der Waals surface area (Å²) in [6.07, 6.45) is 3.48. The second-order valence-electron chi connectivity index (χ2n) is 7.19. The van der Waals surface area contributed by atoms with Crippen molar-refractivity contribution in [2.75, 3.05) is 11.1 Å². The third-order valence-electron chi connectivity index (χ3n) is 4.94. The minimum atomic E-state index is -0.0387. The van der Waals surface area contributed by atoms with Crippen LogP contribution in [0.4, 0.5) is 10.5 Å². The van der Waals surface area contributed by atoms with Crippen molar-refractivity contribution in [3.05, 3.63) is 29.8 Å². The number of unbranched alkanes of at least 4 members (excludes halogenated alkanes) is 1. The highest BCUT2D eigenvalue weighted by atomic mass is 32.2. The fraction of sp³-hybridized carbons (Fsp3) is 0.579. The van der Waals surface area contributed by atoms with Gasteiger partial charge in [-0.3, -0.25) is 4.79 Å². The maximum Gasteiger partial charge on any atom is 0.315 e. The van der Waals surface area contributed by atoms with Crippen LogP contribution in [0.5, 0.6) is 0 Å². The van der Waals surface area contributed by atoms with E-state index in [-0.39, 0.29) is 24.0 Å². The molecule has 3 rings (SSSR count). The molecule has 0 spiro atoms. The topological polar surface area (TPSA) is 70.2 Å². The van der Waals surface area contributed by atoms with Gasteiger partial charge >= 0.3 is 6.03 Å². The van der Waals surface area contributed by atoms with Crippen molar-refractivity contribution in [2.24, 2.45) is 0 Å². The molecule has 6 heteroatoms. The average Bonchev–Trinajstić information content (AvgIpc) is 3.11. The minimum absolute atomic E-state index is 0.0387. The van der Waals surface area contributed by atoms with Gasteiger partial charge in [-0.1, -0.05) is 32.4 Å². The summed E-state index contributed by atoms with van der Waals surface area (Å²) in [5, 5.41) is 9.40. The summed E-state index contributed by atoms with van der Waals surface area (Å²) in [6, 6.07) is 8.57. The molecule has 136 valence electrons. The molecule has 0 aliphatic carbocycles. The molecule has 0 aromatic heterocycles. The van der Waals surface area contributed by atoms with Crippen molar-refractivity contribution < 1.29 is 9.59 Å². The molecule has 2 saturated heterocycles. The van der Waals surface area contributed by atoms with E-state index < -0.39 is 0 Å². The summed E-state index contributed by atoms with van der Waals surface area (Å²) in [7, 11) is 0. The van der Waals surface area contributed by atoms with Crippen LogP contribution in [0.15, 0.2) is 24.3 Å². The van der Waals surface area contributed by atoms with Crippen molar-refractivity contribution in [1.82, 2.24) is 10.6 Å². The molecule has 0 bridgehead atoms. The van der Waals surface area contributed by atoms with E-state index in [9.17, 15) is 9.59 Å². The molecule has 2 aliphatic rings. The van der Waals surface area contributed by atoms with Gasteiger partial charge in [-0.05, 0) is 36.5 Å². The van der Waals surface area contributed by atoms with Gasteiger partial charge in [0.1, 0.15) is 0 Å². The SMILES string of the molecule is CC(C)c1ccc(NC(=O)CCCC[C@@H]2SCC3NC(=O)N[C@@H]32)cc1. The summed E-state index contributed by atoms with van der Waals surface area (Å²) in [6.45, 7) is 4.32. The normalized spacial score (nSPS) is 24.8. The number of hydrogen-bond acceptors (Lipinski definition) is 3. The van der Waals surface area contributed by atoms with E-state index in [1.807, 2.05) is 23.9 Å². The Morgan fingerprint density at radius 2 is 2.00 bits per heavy atom. The van der Waals surface area contributed by atoms with E-state index >= 15 is 0 Å². The third kappa shape index (κ3) is 4.69. The van der Waals surface area contributed by atoms with Crippen molar-refractivity contribution in [3.8, 4) is 0 Å². The predicted octanol–water partition coefficient (Wildman–Crippen LogP) is 3.47. The van der Waals surface area contributed by atoms with Gasteiger partial charge in [0.05, 0.1) is 12.1 Å².